The van der Waals surface area contributed by atoms with Gasteiger partial charge in [-0.2, -0.15) is 0 Å². The lowest BCUT2D eigenvalue weighted by Crippen LogP contribution is -2.49. The van der Waals surface area contributed by atoms with Crippen LogP contribution in [0, 0.1) is 5.92 Å². The zero-order valence-corrected chi connectivity index (χ0v) is 18.1. The highest BCUT2D eigenvalue weighted by Crippen LogP contribution is 2.36. The maximum atomic E-state index is 13.1. The van der Waals surface area contributed by atoms with Gasteiger partial charge in [-0.3, -0.25) is 9.69 Å². The number of hydrogen-bond acceptors (Lipinski definition) is 6. The van der Waals surface area contributed by atoms with Gasteiger partial charge in [-0.05, 0) is 56.5 Å². The number of carbonyl (C=O) groups excluding carboxylic acids is 1. The summed E-state index contributed by atoms with van der Waals surface area (Å²) in [4.78, 5) is 18.1. The second-order valence-corrected chi connectivity index (χ2v) is 8.69. The second-order valence-electron chi connectivity index (χ2n) is 8.69. The number of rotatable bonds is 5. The predicted octanol–water partition coefficient (Wildman–Crippen LogP) is 3.99. The van der Waals surface area contributed by atoms with Crippen LogP contribution >= 0.6 is 0 Å². The van der Waals surface area contributed by atoms with Crippen LogP contribution < -0.4 is 19.1 Å². The summed E-state index contributed by atoms with van der Waals surface area (Å²) in [5.74, 6) is 2.75. The zero-order valence-electron chi connectivity index (χ0n) is 18.1. The van der Waals surface area contributed by atoms with Crippen LogP contribution in [0.2, 0.25) is 0 Å². The van der Waals surface area contributed by atoms with E-state index in [4.69, 9.17) is 14.2 Å². The average molecular weight is 423 g/mol. The molecule has 2 fully saturated rings. The van der Waals surface area contributed by atoms with Gasteiger partial charge in [0.05, 0.1) is 7.11 Å². The molecule has 2 aromatic rings. The van der Waals surface area contributed by atoms with Crippen LogP contribution in [0.4, 0.5) is 5.69 Å². The quantitative estimate of drug-likeness (QED) is 0.680. The van der Waals surface area contributed by atoms with Crippen molar-refractivity contribution >= 4 is 11.5 Å². The van der Waals surface area contributed by atoms with E-state index < -0.39 is 0 Å². The molecule has 164 valence electrons. The molecule has 0 amide bonds. The molecule has 2 aromatic carbocycles. The van der Waals surface area contributed by atoms with Crippen LogP contribution in [0.5, 0.6) is 17.2 Å². The first-order valence-corrected chi connectivity index (χ1v) is 11.3. The first-order chi connectivity index (χ1) is 15.2. The van der Waals surface area contributed by atoms with E-state index in [0.717, 1.165) is 74.7 Å². The first kappa shape index (κ1) is 20.2. The number of ketones is 1. The molecule has 6 heteroatoms. The van der Waals surface area contributed by atoms with Gasteiger partial charge in [-0.1, -0.05) is 12.1 Å². The molecule has 31 heavy (non-hydrogen) atoms. The maximum Gasteiger partial charge on any atom is 0.231 e. The van der Waals surface area contributed by atoms with Gasteiger partial charge in [0.2, 0.25) is 6.79 Å². The van der Waals surface area contributed by atoms with Crippen molar-refractivity contribution in [3.8, 4) is 17.2 Å². The Labute approximate surface area is 183 Å². The van der Waals surface area contributed by atoms with Crippen LogP contribution in [0.15, 0.2) is 42.5 Å². The van der Waals surface area contributed by atoms with Crippen LogP contribution in [0.3, 0.4) is 0 Å². The van der Waals surface area contributed by atoms with Crippen molar-refractivity contribution in [3.05, 3.63) is 48.0 Å². The largest absolute Gasteiger partial charge is 0.497 e. The Morgan fingerprint density at radius 2 is 1.84 bits per heavy atom. The maximum absolute atomic E-state index is 13.1. The van der Waals surface area contributed by atoms with Gasteiger partial charge in [0, 0.05) is 48.9 Å². The van der Waals surface area contributed by atoms with E-state index in [1.807, 2.05) is 30.3 Å². The van der Waals surface area contributed by atoms with Gasteiger partial charge < -0.3 is 19.1 Å². The highest BCUT2D eigenvalue weighted by molar-refractivity contribution is 5.98. The number of likely N-dealkylation sites (tertiary alicyclic amines) is 1. The molecule has 0 N–H and O–H groups in total. The van der Waals surface area contributed by atoms with Crippen LogP contribution in [0.1, 0.15) is 36.0 Å². The van der Waals surface area contributed by atoms with Crippen molar-refractivity contribution in [2.75, 3.05) is 45.0 Å². The standard InChI is InChI=1S/C25H30N2O4/c1-29-22-6-2-4-18(14-22)25(28)19-5-3-11-27(16-19)20-9-12-26(13-10-20)21-7-8-23-24(15-21)31-17-30-23/h2,4,6-8,14-15,19-20H,3,5,9-13,16-17H2,1H3/t19-/m1/s1. The lowest BCUT2D eigenvalue weighted by molar-refractivity contribution is 0.0719. The van der Waals surface area contributed by atoms with Crippen molar-refractivity contribution in [1.82, 2.24) is 4.90 Å². The van der Waals surface area contributed by atoms with Crippen molar-refractivity contribution in [1.29, 1.82) is 0 Å². The SMILES string of the molecule is COc1cccc(C(=O)[C@@H]2CCCN(C3CCN(c4ccc5c(c4)OCO5)CC3)C2)c1. The minimum atomic E-state index is 0.0766. The lowest BCUT2D eigenvalue weighted by atomic mass is 9.88. The monoisotopic (exact) mass is 422 g/mol. The molecule has 3 aliphatic rings. The first-order valence-electron chi connectivity index (χ1n) is 11.3. The molecule has 0 saturated carbocycles. The summed E-state index contributed by atoms with van der Waals surface area (Å²) in [6.07, 6.45) is 4.30. The summed E-state index contributed by atoms with van der Waals surface area (Å²) in [6, 6.07) is 14.3. The normalized spacial score (nSPS) is 21.8. The molecule has 0 aromatic heterocycles. The van der Waals surface area contributed by atoms with Gasteiger partial charge in [0.25, 0.3) is 0 Å². The third kappa shape index (κ3) is 4.22. The van der Waals surface area contributed by atoms with Crippen LogP contribution in [0.25, 0.3) is 0 Å². The van der Waals surface area contributed by atoms with E-state index in [0.29, 0.717) is 12.8 Å². The van der Waals surface area contributed by atoms with E-state index >= 15 is 0 Å². The fourth-order valence-electron chi connectivity index (χ4n) is 5.14. The third-order valence-corrected chi connectivity index (χ3v) is 6.88. The Morgan fingerprint density at radius 1 is 1.00 bits per heavy atom. The van der Waals surface area contributed by atoms with Gasteiger partial charge in [-0.15, -0.1) is 0 Å². The molecule has 3 aliphatic heterocycles. The highest BCUT2D eigenvalue weighted by Gasteiger charge is 2.32. The summed E-state index contributed by atoms with van der Waals surface area (Å²) in [7, 11) is 1.64. The summed E-state index contributed by atoms with van der Waals surface area (Å²) < 4.78 is 16.3. The van der Waals surface area contributed by atoms with Crippen molar-refractivity contribution in [2.45, 2.75) is 31.7 Å². The molecule has 0 unspecified atom stereocenters. The van der Waals surface area contributed by atoms with Crippen molar-refractivity contribution < 1.29 is 19.0 Å². The molecule has 5 rings (SSSR count). The zero-order chi connectivity index (χ0) is 21.2. The lowest BCUT2D eigenvalue weighted by Gasteiger charge is -2.42. The number of anilines is 1. The number of ether oxygens (including phenoxy) is 3. The number of methoxy groups -OCH3 is 1. The average Bonchev–Trinajstić information content (AvgIpc) is 3.32. The van der Waals surface area contributed by atoms with Crippen LogP contribution in [-0.4, -0.2) is 56.8 Å². The molecular weight excluding hydrogens is 392 g/mol. The smallest absolute Gasteiger partial charge is 0.231 e. The van der Waals surface area contributed by atoms with E-state index in [9.17, 15) is 4.79 Å². The fraction of sp³-hybridized carbons (Fsp3) is 0.480. The molecule has 1 atom stereocenters. The molecule has 0 aliphatic carbocycles. The number of Topliss-reactive ketones (excluding diaryl/α,β-unsaturated/α-hetero) is 1. The van der Waals surface area contributed by atoms with Gasteiger partial charge in [0.1, 0.15) is 5.75 Å². The fourth-order valence-corrected chi connectivity index (χ4v) is 5.14. The predicted molar refractivity (Wildman–Crippen MR) is 119 cm³/mol. The molecule has 6 nitrogen and oxygen atoms in total. The summed E-state index contributed by atoms with van der Waals surface area (Å²) in [6.45, 7) is 4.32. The number of nitrogens with zero attached hydrogens (tertiary/aromatic N) is 2. The topological polar surface area (TPSA) is 51.2 Å². The molecule has 2 saturated heterocycles. The van der Waals surface area contributed by atoms with Gasteiger partial charge >= 0.3 is 0 Å². The van der Waals surface area contributed by atoms with E-state index in [1.165, 1.54) is 5.69 Å². The molecular formula is C25H30N2O4. The minimum absolute atomic E-state index is 0.0766. The highest BCUT2D eigenvalue weighted by atomic mass is 16.7. The summed E-state index contributed by atoms with van der Waals surface area (Å²) in [5.41, 5.74) is 1.97. The Morgan fingerprint density at radius 3 is 2.68 bits per heavy atom. The van der Waals surface area contributed by atoms with E-state index in [1.54, 1.807) is 7.11 Å². The third-order valence-electron chi connectivity index (χ3n) is 6.88. The van der Waals surface area contributed by atoms with Crippen molar-refractivity contribution in [2.24, 2.45) is 5.92 Å². The Bertz CT molecular complexity index is 939. The number of piperidine rings is 2. The number of hydrogen-bond donors (Lipinski definition) is 0. The van der Waals surface area contributed by atoms with Crippen molar-refractivity contribution in [3.63, 3.8) is 0 Å². The molecule has 0 radical (unpaired) electrons. The Kier molecular flexibility index (Phi) is 5.72. The Hall–Kier alpha value is -2.73. The summed E-state index contributed by atoms with van der Waals surface area (Å²) >= 11 is 0. The number of fused-ring (bicyclic) bond motifs is 1. The minimum Gasteiger partial charge on any atom is -0.497 e. The Balaban J connectivity index is 1.19. The van der Waals surface area contributed by atoms with Gasteiger partial charge in [-0.25, -0.2) is 0 Å². The van der Waals surface area contributed by atoms with Crippen LogP contribution in [-0.2, 0) is 0 Å². The van der Waals surface area contributed by atoms with E-state index in [-0.39, 0.29) is 11.7 Å². The second kappa shape index (κ2) is 8.79. The van der Waals surface area contributed by atoms with E-state index in [2.05, 4.69) is 21.9 Å². The molecule has 3 heterocycles. The summed E-state index contributed by atoms with van der Waals surface area (Å²) in [5, 5.41) is 0. The van der Waals surface area contributed by atoms with Gasteiger partial charge in [0.15, 0.2) is 17.3 Å². The molecule has 0 spiro atoms. The molecule has 0 bridgehead atoms. The number of carbonyl (C=O) groups is 1. The number of benzene rings is 2.